The Hall–Kier alpha value is -1.46. The Morgan fingerprint density at radius 3 is 2.67 bits per heavy atom. The molecule has 0 amide bonds. The lowest BCUT2D eigenvalue weighted by molar-refractivity contribution is -0.142. The fraction of sp³-hybridized carbons (Fsp3) is 0.417. The molecular weight excluding hydrogens is 258 g/mol. The molecule has 5 nitrogen and oxygen atoms in total. The molecule has 0 unspecified atom stereocenters. The molecule has 0 aliphatic rings. The maximum absolute atomic E-state index is 11.1. The van der Waals surface area contributed by atoms with Crippen LogP contribution in [-0.4, -0.2) is 33.3 Å². The molecule has 0 heterocycles. The minimum absolute atomic E-state index is 0.188. The van der Waals surface area contributed by atoms with Crippen LogP contribution in [0.4, 0.5) is 0 Å². The van der Waals surface area contributed by atoms with E-state index in [4.69, 9.17) is 26.8 Å². The highest BCUT2D eigenvalue weighted by Crippen LogP contribution is 2.34. The van der Waals surface area contributed by atoms with E-state index < -0.39 is 5.97 Å². The zero-order valence-corrected chi connectivity index (χ0v) is 11.1. The van der Waals surface area contributed by atoms with Gasteiger partial charge in [0.25, 0.3) is 0 Å². The molecular formula is C12H16ClNO4. The molecule has 0 aliphatic heterocycles. The van der Waals surface area contributed by atoms with Crippen LogP contribution in [0, 0.1) is 0 Å². The summed E-state index contributed by atoms with van der Waals surface area (Å²) in [6.45, 7) is 0.254. The van der Waals surface area contributed by atoms with Gasteiger partial charge in [-0.1, -0.05) is 11.6 Å². The third-order valence-electron chi connectivity index (χ3n) is 2.29. The molecule has 2 N–H and O–H groups in total. The van der Waals surface area contributed by atoms with Crippen LogP contribution in [0.1, 0.15) is 5.56 Å². The number of methoxy groups -OCH3 is 2. The largest absolute Gasteiger partial charge is 0.493 e. The van der Waals surface area contributed by atoms with Crippen LogP contribution in [-0.2, 0) is 16.0 Å². The molecule has 100 valence electrons. The molecule has 0 saturated carbocycles. The monoisotopic (exact) mass is 273 g/mol. The van der Waals surface area contributed by atoms with Crippen LogP contribution >= 0.6 is 11.6 Å². The number of esters is 1. The van der Waals surface area contributed by atoms with Gasteiger partial charge in [0.05, 0.1) is 14.2 Å². The number of rotatable bonds is 6. The molecule has 1 rings (SSSR count). The zero-order valence-electron chi connectivity index (χ0n) is 10.4. The normalized spacial score (nSPS) is 10.0. The first-order valence-corrected chi connectivity index (χ1v) is 5.76. The lowest BCUT2D eigenvalue weighted by Gasteiger charge is -2.14. The Morgan fingerprint density at radius 2 is 2.11 bits per heavy atom. The maximum Gasteiger partial charge on any atom is 0.343 e. The molecule has 6 heteroatoms. The number of carbonyl (C=O) groups excluding carboxylic acids is 1. The van der Waals surface area contributed by atoms with Gasteiger partial charge in [-0.05, 0) is 19.0 Å². The zero-order chi connectivity index (χ0) is 13.5. The van der Waals surface area contributed by atoms with Gasteiger partial charge in [-0.3, -0.25) is 0 Å². The van der Waals surface area contributed by atoms with Crippen molar-refractivity contribution in [2.75, 3.05) is 27.4 Å². The summed E-state index contributed by atoms with van der Waals surface area (Å²) in [6.07, 6.45) is 0.577. The predicted molar refractivity (Wildman–Crippen MR) is 68.3 cm³/mol. The van der Waals surface area contributed by atoms with Crippen molar-refractivity contribution in [1.29, 1.82) is 0 Å². The van der Waals surface area contributed by atoms with Crippen LogP contribution in [0.25, 0.3) is 0 Å². The van der Waals surface area contributed by atoms with Gasteiger partial charge < -0.3 is 19.9 Å². The molecule has 0 radical (unpaired) electrons. The number of hydrogen-bond acceptors (Lipinski definition) is 5. The minimum Gasteiger partial charge on any atom is -0.493 e. The Morgan fingerprint density at radius 1 is 1.39 bits per heavy atom. The lowest BCUT2D eigenvalue weighted by Crippen LogP contribution is -2.14. The first-order chi connectivity index (χ1) is 8.62. The Bertz CT molecular complexity index is 423. The van der Waals surface area contributed by atoms with Gasteiger partial charge in [0.1, 0.15) is 0 Å². The van der Waals surface area contributed by atoms with E-state index in [1.807, 2.05) is 0 Å². The van der Waals surface area contributed by atoms with Gasteiger partial charge in [-0.2, -0.15) is 0 Å². The highest BCUT2D eigenvalue weighted by molar-refractivity contribution is 6.30. The topological polar surface area (TPSA) is 70.8 Å². The Labute approximate surface area is 111 Å². The molecule has 0 saturated heterocycles. The number of ether oxygens (including phenoxy) is 3. The molecule has 0 bridgehead atoms. The number of carbonyl (C=O) groups is 1. The van der Waals surface area contributed by atoms with Gasteiger partial charge >= 0.3 is 5.97 Å². The molecule has 18 heavy (non-hydrogen) atoms. The molecule has 1 aromatic rings. The van der Waals surface area contributed by atoms with E-state index in [9.17, 15) is 4.79 Å². The van der Waals surface area contributed by atoms with Crippen LogP contribution in [0.15, 0.2) is 12.1 Å². The van der Waals surface area contributed by atoms with E-state index in [0.717, 1.165) is 5.56 Å². The van der Waals surface area contributed by atoms with Crippen molar-refractivity contribution in [3.8, 4) is 11.5 Å². The van der Waals surface area contributed by atoms with Crippen molar-refractivity contribution in [3.63, 3.8) is 0 Å². The molecule has 0 atom stereocenters. The number of halogens is 1. The summed E-state index contributed by atoms with van der Waals surface area (Å²) in [5.41, 5.74) is 6.32. The average Bonchev–Trinajstić information content (AvgIpc) is 2.36. The number of benzene rings is 1. The standard InChI is InChI=1S/C12H16ClNO4/c1-16-10-6-9(13)5-8(3-4-14)12(10)18-7-11(15)17-2/h5-6H,3-4,7,14H2,1-2H3. The summed E-state index contributed by atoms with van der Waals surface area (Å²) in [6, 6.07) is 3.36. The van der Waals surface area contributed by atoms with E-state index in [0.29, 0.717) is 29.5 Å². The maximum atomic E-state index is 11.1. The van der Waals surface area contributed by atoms with Crippen molar-refractivity contribution in [1.82, 2.24) is 0 Å². The second kappa shape index (κ2) is 7.08. The van der Waals surface area contributed by atoms with Gasteiger partial charge in [0.15, 0.2) is 18.1 Å². The Balaban J connectivity index is 3.00. The third-order valence-corrected chi connectivity index (χ3v) is 2.51. The van der Waals surface area contributed by atoms with E-state index in [1.165, 1.54) is 14.2 Å². The summed E-state index contributed by atoms with van der Waals surface area (Å²) in [5, 5.41) is 0.528. The van der Waals surface area contributed by atoms with Gasteiger partial charge in [-0.25, -0.2) is 4.79 Å². The number of nitrogens with two attached hydrogens (primary N) is 1. The highest BCUT2D eigenvalue weighted by atomic mass is 35.5. The van der Waals surface area contributed by atoms with Crippen LogP contribution in [0.3, 0.4) is 0 Å². The van der Waals surface area contributed by atoms with Crippen LogP contribution in [0.5, 0.6) is 11.5 Å². The van der Waals surface area contributed by atoms with E-state index in [-0.39, 0.29) is 6.61 Å². The second-order valence-electron chi connectivity index (χ2n) is 3.50. The minimum atomic E-state index is -0.467. The molecule has 0 aromatic heterocycles. The fourth-order valence-electron chi connectivity index (χ4n) is 1.47. The summed E-state index contributed by atoms with van der Waals surface area (Å²) in [4.78, 5) is 11.1. The van der Waals surface area contributed by atoms with Crippen molar-refractivity contribution in [3.05, 3.63) is 22.7 Å². The summed E-state index contributed by atoms with van der Waals surface area (Å²) in [5.74, 6) is 0.471. The van der Waals surface area contributed by atoms with Crippen molar-refractivity contribution in [2.24, 2.45) is 5.73 Å². The van der Waals surface area contributed by atoms with E-state index in [1.54, 1.807) is 12.1 Å². The average molecular weight is 274 g/mol. The number of hydrogen-bond donors (Lipinski definition) is 1. The molecule has 0 aliphatic carbocycles. The van der Waals surface area contributed by atoms with Crippen LogP contribution in [0.2, 0.25) is 5.02 Å². The van der Waals surface area contributed by atoms with Crippen molar-refractivity contribution < 1.29 is 19.0 Å². The molecule has 0 fully saturated rings. The first kappa shape index (κ1) is 14.6. The quantitative estimate of drug-likeness (QED) is 0.794. The Kier molecular flexibility index (Phi) is 5.74. The molecule has 1 aromatic carbocycles. The molecule has 0 spiro atoms. The van der Waals surface area contributed by atoms with Gasteiger partial charge in [-0.15, -0.1) is 0 Å². The predicted octanol–water partition coefficient (Wildman–Crippen LogP) is 1.40. The highest BCUT2D eigenvalue weighted by Gasteiger charge is 2.14. The summed E-state index contributed by atoms with van der Waals surface area (Å²) < 4.78 is 15.1. The summed E-state index contributed by atoms with van der Waals surface area (Å²) in [7, 11) is 2.80. The van der Waals surface area contributed by atoms with E-state index in [2.05, 4.69) is 4.74 Å². The third kappa shape index (κ3) is 3.78. The van der Waals surface area contributed by atoms with Gasteiger partial charge in [0.2, 0.25) is 0 Å². The van der Waals surface area contributed by atoms with Crippen molar-refractivity contribution >= 4 is 17.6 Å². The second-order valence-corrected chi connectivity index (χ2v) is 3.94. The van der Waals surface area contributed by atoms with Crippen molar-refractivity contribution in [2.45, 2.75) is 6.42 Å². The fourth-order valence-corrected chi connectivity index (χ4v) is 1.70. The van der Waals surface area contributed by atoms with E-state index >= 15 is 0 Å². The smallest absolute Gasteiger partial charge is 0.343 e. The summed E-state index contributed by atoms with van der Waals surface area (Å²) >= 11 is 5.96. The SMILES string of the molecule is COC(=O)COc1c(CCN)cc(Cl)cc1OC. The first-order valence-electron chi connectivity index (χ1n) is 5.38. The van der Waals surface area contributed by atoms with Gasteiger partial charge in [0, 0.05) is 16.7 Å². The lowest BCUT2D eigenvalue weighted by atomic mass is 10.1. The van der Waals surface area contributed by atoms with Crippen LogP contribution < -0.4 is 15.2 Å².